The van der Waals surface area contributed by atoms with Gasteiger partial charge in [0.15, 0.2) is 0 Å². The fourth-order valence-corrected chi connectivity index (χ4v) is 1.89. The number of nitrogens with two attached hydrogens (primary N) is 1. The zero-order chi connectivity index (χ0) is 9.68. The van der Waals surface area contributed by atoms with Crippen LogP contribution in [0, 0.1) is 6.92 Å². The third-order valence-corrected chi connectivity index (χ3v) is 2.83. The van der Waals surface area contributed by atoms with E-state index in [0.29, 0.717) is 6.61 Å². The molecule has 3 nitrogen and oxygen atoms in total. The van der Waals surface area contributed by atoms with E-state index in [1.807, 2.05) is 12.4 Å². The Bertz CT molecular complexity index is 250. The van der Waals surface area contributed by atoms with Gasteiger partial charge in [-0.05, 0) is 13.3 Å². The number of hydrogen-bond donors (Lipinski definition) is 1. The number of nitrogens with zero attached hydrogens (tertiary/aromatic N) is 1. The molecule has 0 fully saturated rings. The van der Waals surface area contributed by atoms with Crippen LogP contribution in [-0.2, 0) is 4.74 Å². The molecule has 13 heavy (non-hydrogen) atoms. The molecule has 0 aliphatic heterocycles. The highest BCUT2D eigenvalue weighted by Gasteiger charge is 2.10. The topological polar surface area (TPSA) is 48.1 Å². The van der Waals surface area contributed by atoms with Crippen molar-refractivity contribution in [2.24, 2.45) is 5.73 Å². The molecule has 1 unspecified atom stereocenters. The standard InChI is InChI=1S/C9H16N2OS/c1-3-4-12-5-8(10)9-7(2)11-6-13-9/h6,8H,3-5,10H2,1-2H3. The van der Waals surface area contributed by atoms with E-state index in [0.717, 1.165) is 23.6 Å². The van der Waals surface area contributed by atoms with E-state index < -0.39 is 0 Å². The van der Waals surface area contributed by atoms with Crippen molar-refractivity contribution in [1.82, 2.24) is 4.98 Å². The first kappa shape index (κ1) is 10.6. The van der Waals surface area contributed by atoms with Crippen LogP contribution in [0.5, 0.6) is 0 Å². The molecule has 1 aromatic heterocycles. The maximum absolute atomic E-state index is 5.93. The number of thiazole rings is 1. The SMILES string of the molecule is CCCOCC(N)c1scnc1C. The molecule has 4 heteroatoms. The van der Waals surface area contributed by atoms with Gasteiger partial charge in [-0.2, -0.15) is 0 Å². The molecule has 0 aliphatic carbocycles. The third kappa shape index (κ3) is 3.06. The molecule has 1 aromatic rings. The molecular formula is C9H16N2OS. The summed E-state index contributed by atoms with van der Waals surface area (Å²) in [5.74, 6) is 0. The number of aryl methyl sites for hydroxylation is 1. The minimum absolute atomic E-state index is 0.0148. The summed E-state index contributed by atoms with van der Waals surface area (Å²) in [6.07, 6.45) is 1.04. The smallest absolute Gasteiger partial charge is 0.0798 e. The van der Waals surface area contributed by atoms with Gasteiger partial charge in [-0.3, -0.25) is 0 Å². The number of rotatable bonds is 5. The van der Waals surface area contributed by atoms with Crippen LogP contribution >= 0.6 is 11.3 Å². The van der Waals surface area contributed by atoms with Crippen LogP contribution in [0.1, 0.15) is 30.0 Å². The zero-order valence-corrected chi connectivity index (χ0v) is 8.93. The monoisotopic (exact) mass is 200 g/mol. The molecule has 0 radical (unpaired) electrons. The van der Waals surface area contributed by atoms with Crippen LogP contribution in [-0.4, -0.2) is 18.2 Å². The molecule has 0 bridgehead atoms. The Morgan fingerprint density at radius 3 is 3.00 bits per heavy atom. The van der Waals surface area contributed by atoms with Gasteiger partial charge in [0.1, 0.15) is 0 Å². The normalized spacial score (nSPS) is 13.2. The summed E-state index contributed by atoms with van der Waals surface area (Å²) in [7, 11) is 0. The van der Waals surface area contributed by atoms with Gasteiger partial charge in [-0.15, -0.1) is 11.3 Å². The fourth-order valence-electron chi connectivity index (χ4n) is 1.10. The average molecular weight is 200 g/mol. The van der Waals surface area contributed by atoms with Crippen molar-refractivity contribution in [3.63, 3.8) is 0 Å². The average Bonchev–Trinajstić information content (AvgIpc) is 2.52. The molecule has 1 heterocycles. The molecule has 0 saturated heterocycles. The maximum atomic E-state index is 5.93. The second-order valence-electron chi connectivity index (χ2n) is 2.98. The van der Waals surface area contributed by atoms with Crippen molar-refractivity contribution < 1.29 is 4.74 Å². The first-order chi connectivity index (χ1) is 6.25. The second-order valence-corrected chi connectivity index (χ2v) is 3.87. The summed E-state index contributed by atoms with van der Waals surface area (Å²) in [6, 6.07) is -0.0148. The highest BCUT2D eigenvalue weighted by Crippen LogP contribution is 2.19. The Kier molecular flexibility index (Phi) is 4.35. The molecule has 0 saturated carbocycles. The van der Waals surface area contributed by atoms with Crippen LogP contribution in [0.25, 0.3) is 0 Å². The van der Waals surface area contributed by atoms with Crippen molar-refractivity contribution in [2.45, 2.75) is 26.3 Å². The largest absolute Gasteiger partial charge is 0.379 e. The molecule has 0 aliphatic rings. The third-order valence-electron chi connectivity index (χ3n) is 1.77. The van der Waals surface area contributed by atoms with Crippen LogP contribution in [0.3, 0.4) is 0 Å². The van der Waals surface area contributed by atoms with Gasteiger partial charge in [-0.25, -0.2) is 4.98 Å². The van der Waals surface area contributed by atoms with E-state index in [-0.39, 0.29) is 6.04 Å². The fraction of sp³-hybridized carbons (Fsp3) is 0.667. The first-order valence-corrected chi connectivity index (χ1v) is 5.37. The second kappa shape index (κ2) is 5.32. The lowest BCUT2D eigenvalue weighted by molar-refractivity contribution is 0.122. The van der Waals surface area contributed by atoms with E-state index in [1.54, 1.807) is 11.3 Å². The van der Waals surface area contributed by atoms with Crippen LogP contribution in [0.2, 0.25) is 0 Å². The van der Waals surface area contributed by atoms with Crippen molar-refractivity contribution >= 4 is 11.3 Å². The van der Waals surface area contributed by atoms with E-state index in [1.165, 1.54) is 0 Å². The van der Waals surface area contributed by atoms with Gasteiger partial charge in [0.25, 0.3) is 0 Å². The molecule has 0 spiro atoms. The number of aromatic nitrogens is 1. The summed E-state index contributed by atoms with van der Waals surface area (Å²) in [5, 5.41) is 0. The predicted octanol–water partition coefficient (Wildman–Crippen LogP) is 1.88. The Morgan fingerprint density at radius 2 is 2.46 bits per heavy atom. The Labute approximate surface area is 82.9 Å². The molecular weight excluding hydrogens is 184 g/mol. The lowest BCUT2D eigenvalue weighted by Crippen LogP contribution is -2.17. The van der Waals surface area contributed by atoms with Crippen molar-refractivity contribution in [2.75, 3.05) is 13.2 Å². The van der Waals surface area contributed by atoms with E-state index in [9.17, 15) is 0 Å². The van der Waals surface area contributed by atoms with E-state index in [4.69, 9.17) is 10.5 Å². The summed E-state index contributed by atoms with van der Waals surface area (Å²) >= 11 is 1.60. The van der Waals surface area contributed by atoms with E-state index in [2.05, 4.69) is 11.9 Å². The van der Waals surface area contributed by atoms with Gasteiger partial charge in [0.05, 0.1) is 23.9 Å². The summed E-state index contributed by atoms with van der Waals surface area (Å²) < 4.78 is 5.38. The number of ether oxygens (including phenoxy) is 1. The van der Waals surface area contributed by atoms with Crippen molar-refractivity contribution in [3.8, 4) is 0 Å². The van der Waals surface area contributed by atoms with Crippen molar-refractivity contribution in [1.29, 1.82) is 0 Å². The Morgan fingerprint density at radius 1 is 1.69 bits per heavy atom. The Hall–Kier alpha value is -0.450. The summed E-state index contributed by atoms with van der Waals surface area (Å²) in [6.45, 7) is 5.44. The lowest BCUT2D eigenvalue weighted by atomic mass is 10.2. The van der Waals surface area contributed by atoms with Crippen LogP contribution in [0.15, 0.2) is 5.51 Å². The predicted molar refractivity (Wildman–Crippen MR) is 54.9 cm³/mol. The van der Waals surface area contributed by atoms with Gasteiger partial charge >= 0.3 is 0 Å². The minimum Gasteiger partial charge on any atom is -0.379 e. The quantitative estimate of drug-likeness (QED) is 0.738. The summed E-state index contributed by atoms with van der Waals surface area (Å²) in [4.78, 5) is 5.28. The molecule has 0 aromatic carbocycles. The minimum atomic E-state index is -0.0148. The highest BCUT2D eigenvalue weighted by molar-refractivity contribution is 7.09. The summed E-state index contributed by atoms with van der Waals surface area (Å²) in [5.41, 5.74) is 8.78. The first-order valence-electron chi connectivity index (χ1n) is 4.49. The van der Waals surface area contributed by atoms with Gasteiger partial charge in [0, 0.05) is 11.5 Å². The van der Waals surface area contributed by atoms with Crippen LogP contribution in [0.4, 0.5) is 0 Å². The van der Waals surface area contributed by atoms with E-state index >= 15 is 0 Å². The van der Waals surface area contributed by atoms with Gasteiger partial charge in [-0.1, -0.05) is 6.92 Å². The number of hydrogen-bond acceptors (Lipinski definition) is 4. The molecule has 1 rings (SSSR count). The molecule has 1 atom stereocenters. The molecule has 2 N–H and O–H groups in total. The Balaban J connectivity index is 2.39. The zero-order valence-electron chi connectivity index (χ0n) is 8.12. The van der Waals surface area contributed by atoms with Crippen LogP contribution < -0.4 is 5.73 Å². The molecule has 0 amide bonds. The highest BCUT2D eigenvalue weighted by atomic mass is 32.1. The van der Waals surface area contributed by atoms with Crippen molar-refractivity contribution in [3.05, 3.63) is 16.1 Å². The lowest BCUT2D eigenvalue weighted by Gasteiger charge is -2.10. The van der Waals surface area contributed by atoms with Gasteiger partial charge in [0.2, 0.25) is 0 Å². The molecule has 74 valence electrons. The maximum Gasteiger partial charge on any atom is 0.0798 e. The van der Waals surface area contributed by atoms with Gasteiger partial charge < -0.3 is 10.5 Å².